The molecule has 0 saturated heterocycles. The average molecular weight is 480 g/mol. The molecule has 3 heterocycles. The highest BCUT2D eigenvalue weighted by Crippen LogP contribution is 2.65. The summed E-state index contributed by atoms with van der Waals surface area (Å²) in [6.07, 6.45) is 9.14. The Bertz CT molecular complexity index is 1190. The van der Waals surface area contributed by atoms with E-state index in [1.807, 2.05) is 12.1 Å². The van der Waals surface area contributed by atoms with Crippen LogP contribution in [0.3, 0.4) is 0 Å². The first-order chi connectivity index (χ1) is 16.7. The van der Waals surface area contributed by atoms with Gasteiger partial charge in [-0.15, -0.1) is 0 Å². The van der Waals surface area contributed by atoms with Gasteiger partial charge in [-0.05, 0) is 79.9 Å². The van der Waals surface area contributed by atoms with Crippen molar-refractivity contribution in [2.45, 2.75) is 65.0 Å². The third-order valence-corrected chi connectivity index (χ3v) is 10.2. The van der Waals surface area contributed by atoms with E-state index >= 15 is 0 Å². The van der Waals surface area contributed by atoms with Gasteiger partial charge in [0.15, 0.2) is 11.5 Å². The van der Waals surface area contributed by atoms with Crippen molar-refractivity contribution in [1.29, 1.82) is 0 Å². The van der Waals surface area contributed by atoms with Gasteiger partial charge in [-0.25, -0.2) is 14.4 Å². The quantitative estimate of drug-likeness (QED) is 0.693. The molecular weight excluding hydrogens is 445 g/mol. The molecule has 186 valence electrons. The van der Waals surface area contributed by atoms with Crippen LogP contribution in [0.5, 0.6) is 0 Å². The maximum atomic E-state index is 14.6. The van der Waals surface area contributed by atoms with Crippen molar-refractivity contribution in [3.63, 3.8) is 0 Å². The molecule has 3 fully saturated rings. The van der Waals surface area contributed by atoms with Crippen molar-refractivity contribution in [3.05, 3.63) is 36.1 Å². The lowest BCUT2D eigenvalue weighted by molar-refractivity contribution is -0.145. The van der Waals surface area contributed by atoms with Gasteiger partial charge >= 0.3 is 0 Å². The minimum atomic E-state index is -0.607. The van der Waals surface area contributed by atoms with E-state index in [1.54, 1.807) is 24.2 Å². The Morgan fingerprint density at radius 1 is 1.23 bits per heavy atom. The number of fused-ring (bicyclic) bond motifs is 6. The summed E-state index contributed by atoms with van der Waals surface area (Å²) >= 11 is 0. The van der Waals surface area contributed by atoms with Crippen LogP contribution in [0.1, 0.15) is 58.2 Å². The van der Waals surface area contributed by atoms with Crippen LogP contribution in [-0.4, -0.2) is 44.8 Å². The van der Waals surface area contributed by atoms with Crippen molar-refractivity contribution >= 4 is 23.0 Å². The highest BCUT2D eigenvalue weighted by molar-refractivity contribution is 5.92. The molecule has 2 aromatic heterocycles. The Balaban J connectivity index is 1.19. The van der Waals surface area contributed by atoms with Crippen molar-refractivity contribution in [2.75, 3.05) is 7.05 Å². The second kappa shape index (κ2) is 7.87. The fourth-order valence-corrected chi connectivity index (χ4v) is 8.53. The number of imidazole rings is 1. The standard InChI is InChI=1S/C27H34FN5O2/c1-26-11-10-17-15(6-9-21-27(17,2)13-19(28)25(35)33(21)3)16(26)7-8-18(26)24(34)30-14-22-31-20-5-4-12-29-23(20)32-22/h4-5,12-13,15-18,21H,6-11,14H2,1-3H3,(H,30,34)(H,29,31,32)/t15?,16-,17?,18+,21+,26-,27+/m0/s1. The summed E-state index contributed by atoms with van der Waals surface area (Å²) in [4.78, 5) is 39.3. The lowest BCUT2D eigenvalue weighted by Gasteiger charge is -2.60. The molecule has 0 aromatic carbocycles. The van der Waals surface area contributed by atoms with Gasteiger partial charge in [0.25, 0.3) is 5.91 Å². The number of hydrogen-bond donors (Lipinski definition) is 2. The molecule has 0 spiro atoms. The number of aromatic nitrogens is 3. The van der Waals surface area contributed by atoms with E-state index in [1.165, 1.54) is 0 Å². The molecule has 2 N–H and O–H groups in total. The number of carbonyl (C=O) groups is 2. The SMILES string of the molecule is CN1C(=O)C(F)=C[C@]2(C)C3CC[C@]4(C)[C@@H](C(=O)NCc5nc6ncccc6[nH]5)CC[C@H]4C3CC[C@@H]12. The molecular formula is C27H34FN5O2. The lowest BCUT2D eigenvalue weighted by atomic mass is 9.47. The first-order valence-electron chi connectivity index (χ1n) is 12.9. The van der Waals surface area contributed by atoms with Gasteiger partial charge in [0, 0.05) is 30.6 Å². The third-order valence-electron chi connectivity index (χ3n) is 10.2. The predicted octanol–water partition coefficient (Wildman–Crippen LogP) is 4.13. The zero-order valence-corrected chi connectivity index (χ0v) is 20.7. The summed E-state index contributed by atoms with van der Waals surface area (Å²) in [6.45, 7) is 4.82. The molecule has 3 aliphatic carbocycles. The highest BCUT2D eigenvalue weighted by atomic mass is 19.1. The molecule has 7 nitrogen and oxygen atoms in total. The molecule has 2 unspecified atom stereocenters. The summed E-state index contributed by atoms with van der Waals surface area (Å²) < 4.78 is 14.6. The Morgan fingerprint density at radius 3 is 2.86 bits per heavy atom. The number of likely N-dealkylation sites (N-methyl/N-ethyl adjacent to an activating group) is 1. The van der Waals surface area contributed by atoms with Crippen LogP contribution in [0.4, 0.5) is 4.39 Å². The van der Waals surface area contributed by atoms with E-state index in [-0.39, 0.29) is 28.7 Å². The van der Waals surface area contributed by atoms with Gasteiger partial charge in [0.1, 0.15) is 5.82 Å². The number of nitrogens with zero attached hydrogens (tertiary/aromatic N) is 3. The molecule has 3 saturated carbocycles. The zero-order chi connectivity index (χ0) is 24.5. The van der Waals surface area contributed by atoms with Crippen molar-refractivity contribution in [3.8, 4) is 0 Å². The van der Waals surface area contributed by atoms with Crippen LogP contribution in [-0.2, 0) is 16.1 Å². The molecule has 0 radical (unpaired) electrons. The van der Waals surface area contributed by atoms with Crippen molar-refractivity contribution < 1.29 is 14.0 Å². The van der Waals surface area contributed by atoms with Gasteiger partial charge in [0.05, 0.1) is 12.1 Å². The second-order valence-corrected chi connectivity index (χ2v) is 11.7. The smallest absolute Gasteiger partial charge is 0.282 e. The average Bonchev–Trinajstić information content (AvgIpc) is 3.41. The molecule has 8 heteroatoms. The lowest BCUT2D eigenvalue weighted by Crippen LogP contribution is -2.60. The topological polar surface area (TPSA) is 91.0 Å². The van der Waals surface area contributed by atoms with E-state index in [4.69, 9.17) is 0 Å². The van der Waals surface area contributed by atoms with Crippen LogP contribution in [0.2, 0.25) is 0 Å². The number of nitrogens with one attached hydrogen (secondary N) is 2. The summed E-state index contributed by atoms with van der Waals surface area (Å²) in [5.41, 5.74) is 1.13. The zero-order valence-electron chi connectivity index (χ0n) is 20.7. The predicted molar refractivity (Wildman–Crippen MR) is 129 cm³/mol. The number of rotatable bonds is 3. The normalized spacial score (nSPS) is 38.5. The maximum Gasteiger partial charge on any atom is 0.282 e. The summed E-state index contributed by atoms with van der Waals surface area (Å²) in [6, 6.07) is 3.84. The van der Waals surface area contributed by atoms with Crippen molar-refractivity contribution in [2.24, 2.45) is 34.5 Å². The van der Waals surface area contributed by atoms with E-state index < -0.39 is 11.7 Å². The van der Waals surface area contributed by atoms with Crippen molar-refractivity contribution in [1.82, 2.24) is 25.2 Å². The van der Waals surface area contributed by atoms with E-state index in [9.17, 15) is 14.0 Å². The third kappa shape index (κ3) is 3.28. The molecule has 2 amide bonds. The molecule has 4 aliphatic rings. The van der Waals surface area contributed by atoms with E-state index in [2.05, 4.69) is 34.1 Å². The van der Waals surface area contributed by atoms with Gasteiger partial charge in [0.2, 0.25) is 5.91 Å². The molecule has 35 heavy (non-hydrogen) atoms. The summed E-state index contributed by atoms with van der Waals surface area (Å²) in [7, 11) is 1.75. The molecule has 0 bridgehead atoms. The van der Waals surface area contributed by atoms with Gasteiger partial charge in [-0.1, -0.05) is 13.8 Å². The van der Waals surface area contributed by atoms with Gasteiger partial charge in [-0.3, -0.25) is 9.59 Å². The Hall–Kier alpha value is -2.77. The molecule has 7 atom stereocenters. The Morgan fingerprint density at radius 2 is 2.06 bits per heavy atom. The number of hydrogen-bond acceptors (Lipinski definition) is 4. The Labute approximate surface area is 205 Å². The molecule has 1 aliphatic heterocycles. The monoisotopic (exact) mass is 479 g/mol. The van der Waals surface area contributed by atoms with E-state index in [0.717, 1.165) is 44.0 Å². The number of carbonyl (C=O) groups excluding carboxylic acids is 2. The summed E-state index contributed by atoms with van der Waals surface area (Å²) in [5.74, 6) is 0.954. The first kappa shape index (κ1) is 22.7. The molecule has 2 aromatic rings. The van der Waals surface area contributed by atoms with Gasteiger partial charge < -0.3 is 15.2 Å². The Kier molecular flexibility index (Phi) is 5.10. The fourth-order valence-electron chi connectivity index (χ4n) is 8.53. The fraction of sp³-hybridized carbons (Fsp3) is 0.630. The van der Waals surface area contributed by atoms with Crippen LogP contribution < -0.4 is 5.32 Å². The summed E-state index contributed by atoms with van der Waals surface area (Å²) in [5, 5.41) is 3.14. The van der Waals surface area contributed by atoms with Crippen LogP contribution in [0, 0.1) is 34.5 Å². The minimum Gasteiger partial charge on any atom is -0.349 e. The number of aromatic amines is 1. The largest absolute Gasteiger partial charge is 0.349 e. The van der Waals surface area contributed by atoms with Crippen LogP contribution >= 0.6 is 0 Å². The van der Waals surface area contributed by atoms with E-state index in [0.29, 0.717) is 35.8 Å². The first-order valence-corrected chi connectivity index (χ1v) is 12.9. The van der Waals surface area contributed by atoms with Crippen LogP contribution in [0.15, 0.2) is 30.2 Å². The molecule has 6 rings (SSSR count). The highest BCUT2D eigenvalue weighted by Gasteiger charge is 2.62. The van der Waals surface area contributed by atoms with Gasteiger partial charge in [-0.2, -0.15) is 0 Å². The second-order valence-electron chi connectivity index (χ2n) is 11.7. The number of pyridine rings is 1. The number of H-pyrrole nitrogens is 1. The maximum absolute atomic E-state index is 14.6. The number of amides is 2. The number of halogens is 1. The van der Waals surface area contributed by atoms with Crippen LogP contribution in [0.25, 0.3) is 11.2 Å². The minimum absolute atomic E-state index is 0.0237.